The van der Waals surface area contributed by atoms with Gasteiger partial charge in [-0.3, -0.25) is 4.90 Å². The second kappa shape index (κ2) is 5.18. The lowest BCUT2D eigenvalue weighted by molar-refractivity contribution is -0.152. The van der Waals surface area contributed by atoms with Gasteiger partial charge in [0.05, 0.1) is 6.54 Å². The number of hydrogen-bond donors (Lipinski definition) is 2. The van der Waals surface area contributed by atoms with E-state index in [2.05, 4.69) is 0 Å². The first kappa shape index (κ1) is 16.1. The maximum Gasteiger partial charge on any atom is 0.410 e. The standard InChI is InChI=1S/C12H20N2O6/c1-11(2,3)20-10(19)13-5-6-14(9(17)18)12(4,7-13)8(15)16/h5-7H2,1-4H3,(H,15,16)(H,17,18). The maximum absolute atomic E-state index is 11.9. The molecular formula is C12H20N2O6. The van der Waals surface area contributed by atoms with Crippen molar-refractivity contribution in [1.29, 1.82) is 0 Å². The van der Waals surface area contributed by atoms with Crippen LogP contribution in [0.5, 0.6) is 0 Å². The van der Waals surface area contributed by atoms with Gasteiger partial charge in [-0.15, -0.1) is 0 Å². The van der Waals surface area contributed by atoms with Crippen LogP contribution in [0.25, 0.3) is 0 Å². The normalized spacial score (nSPS) is 23.4. The Balaban J connectivity index is 2.90. The number of ether oxygens (including phenoxy) is 1. The molecule has 2 amide bonds. The van der Waals surface area contributed by atoms with Gasteiger partial charge < -0.3 is 19.8 Å². The quantitative estimate of drug-likeness (QED) is 0.747. The Bertz CT molecular complexity index is 430. The Morgan fingerprint density at radius 3 is 2.10 bits per heavy atom. The minimum Gasteiger partial charge on any atom is -0.479 e. The number of carbonyl (C=O) groups is 3. The summed E-state index contributed by atoms with van der Waals surface area (Å²) >= 11 is 0. The minimum atomic E-state index is -1.68. The molecule has 2 N–H and O–H groups in total. The molecule has 0 spiro atoms. The molecule has 0 aliphatic carbocycles. The molecule has 8 nitrogen and oxygen atoms in total. The maximum atomic E-state index is 11.9. The van der Waals surface area contributed by atoms with Crippen molar-refractivity contribution in [2.75, 3.05) is 19.6 Å². The molecular weight excluding hydrogens is 268 g/mol. The Morgan fingerprint density at radius 2 is 1.70 bits per heavy atom. The average molecular weight is 288 g/mol. The van der Waals surface area contributed by atoms with E-state index in [0.717, 1.165) is 4.90 Å². The van der Waals surface area contributed by atoms with Crippen LogP contribution >= 0.6 is 0 Å². The first-order valence-corrected chi connectivity index (χ1v) is 6.19. The first-order chi connectivity index (χ1) is 8.97. The number of carbonyl (C=O) groups excluding carboxylic acids is 1. The molecule has 8 heteroatoms. The molecule has 114 valence electrons. The molecule has 1 heterocycles. The number of rotatable bonds is 1. The predicted molar refractivity (Wildman–Crippen MR) is 68.6 cm³/mol. The summed E-state index contributed by atoms with van der Waals surface area (Å²) in [7, 11) is 0. The topological polar surface area (TPSA) is 107 Å². The summed E-state index contributed by atoms with van der Waals surface area (Å²) in [5, 5.41) is 18.3. The van der Waals surface area contributed by atoms with Crippen LogP contribution in [-0.2, 0) is 9.53 Å². The lowest BCUT2D eigenvalue weighted by Gasteiger charge is -2.44. The SMILES string of the molecule is CC(C)(C)OC(=O)N1CCN(C(=O)O)C(C)(C(=O)O)C1. The minimum absolute atomic E-state index is 0.0720. The molecule has 0 saturated carbocycles. The van der Waals surface area contributed by atoms with E-state index in [1.807, 2.05) is 0 Å². The van der Waals surface area contributed by atoms with Crippen LogP contribution in [0.15, 0.2) is 0 Å². The van der Waals surface area contributed by atoms with Crippen LogP contribution in [0.3, 0.4) is 0 Å². The second-order valence-corrected chi connectivity index (χ2v) is 5.92. The largest absolute Gasteiger partial charge is 0.479 e. The predicted octanol–water partition coefficient (Wildman–Crippen LogP) is 1.06. The van der Waals surface area contributed by atoms with E-state index in [1.54, 1.807) is 20.8 Å². The molecule has 1 aliphatic rings. The molecule has 0 bridgehead atoms. The highest BCUT2D eigenvalue weighted by molar-refractivity contribution is 5.85. The third-order valence-electron chi connectivity index (χ3n) is 3.03. The van der Waals surface area contributed by atoms with Crippen molar-refractivity contribution in [3.8, 4) is 0 Å². The van der Waals surface area contributed by atoms with Crippen molar-refractivity contribution in [2.45, 2.75) is 38.8 Å². The third-order valence-corrected chi connectivity index (χ3v) is 3.03. The Morgan fingerprint density at radius 1 is 1.15 bits per heavy atom. The van der Waals surface area contributed by atoms with Gasteiger partial charge in [0.25, 0.3) is 0 Å². The highest BCUT2D eigenvalue weighted by atomic mass is 16.6. The molecule has 20 heavy (non-hydrogen) atoms. The molecule has 1 saturated heterocycles. The summed E-state index contributed by atoms with van der Waals surface area (Å²) in [6.07, 6.45) is -1.96. The fourth-order valence-electron chi connectivity index (χ4n) is 1.98. The second-order valence-electron chi connectivity index (χ2n) is 5.92. The smallest absolute Gasteiger partial charge is 0.410 e. The van der Waals surface area contributed by atoms with Crippen molar-refractivity contribution in [3.63, 3.8) is 0 Å². The molecule has 0 aromatic heterocycles. The molecule has 1 fully saturated rings. The van der Waals surface area contributed by atoms with Crippen molar-refractivity contribution in [1.82, 2.24) is 9.80 Å². The molecule has 0 radical (unpaired) electrons. The number of amides is 2. The zero-order chi connectivity index (χ0) is 15.7. The fourth-order valence-corrected chi connectivity index (χ4v) is 1.98. The summed E-state index contributed by atoms with van der Waals surface area (Å²) < 4.78 is 5.17. The lowest BCUT2D eigenvalue weighted by atomic mass is 9.97. The fraction of sp³-hybridized carbons (Fsp3) is 0.750. The number of piperazine rings is 1. The van der Waals surface area contributed by atoms with Crippen molar-refractivity contribution >= 4 is 18.2 Å². The summed E-state index contributed by atoms with van der Waals surface area (Å²) in [6.45, 7) is 6.17. The molecule has 1 rings (SSSR count). The van der Waals surface area contributed by atoms with Crippen molar-refractivity contribution in [3.05, 3.63) is 0 Å². The number of aliphatic carboxylic acids is 1. The van der Waals surface area contributed by atoms with Crippen LogP contribution in [0, 0.1) is 0 Å². The van der Waals surface area contributed by atoms with Crippen LogP contribution in [-0.4, -0.2) is 68.9 Å². The zero-order valence-corrected chi connectivity index (χ0v) is 12.0. The van der Waals surface area contributed by atoms with Crippen LogP contribution in [0.2, 0.25) is 0 Å². The Hall–Kier alpha value is -1.99. The number of carboxylic acids is 1. The van der Waals surface area contributed by atoms with E-state index in [9.17, 15) is 19.5 Å². The third kappa shape index (κ3) is 3.31. The highest BCUT2D eigenvalue weighted by Crippen LogP contribution is 2.23. The summed E-state index contributed by atoms with van der Waals surface area (Å²) in [5.74, 6) is -1.30. The zero-order valence-electron chi connectivity index (χ0n) is 12.0. The van der Waals surface area contributed by atoms with E-state index in [1.165, 1.54) is 11.8 Å². The van der Waals surface area contributed by atoms with Crippen LogP contribution in [0.4, 0.5) is 9.59 Å². The molecule has 1 unspecified atom stereocenters. The van der Waals surface area contributed by atoms with Gasteiger partial charge in [0.2, 0.25) is 0 Å². The molecule has 0 aromatic rings. The van der Waals surface area contributed by atoms with Gasteiger partial charge in [-0.05, 0) is 27.7 Å². The lowest BCUT2D eigenvalue weighted by Crippen LogP contribution is -2.67. The van der Waals surface area contributed by atoms with Gasteiger partial charge in [-0.1, -0.05) is 0 Å². The van der Waals surface area contributed by atoms with Gasteiger partial charge in [-0.25, -0.2) is 14.4 Å². The van der Waals surface area contributed by atoms with E-state index >= 15 is 0 Å². The van der Waals surface area contributed by atoms with Gasteiger partial charge in [0, 0.05) is 13.1 Å². The number of hydrogen-bond acceptors (Lipinski definition) is 4. The Kier molecular flexibility index (Phi) is 4.16. The van der Waals surface area contributed by atoms with E-state index < -0.39 is 29.3 Å². The van der Waals surface area contributed by atoms with Gasteiger partial charge in [0.1, 0.15) is 5.60 Å². The van der Waals surface area contributed by atoms with Gasteiger partial charge in [0.15, 0.2) is 5.54 Å². The van der Waals surface area contributed by atoms with Gasteiger partial charge >= 0.3 is 18.2 Å². The average Bonchev–Trinajstić information content (AvgIpc) is 2.25. The molecule has 1 aliphatic heterocycles. The summed E-state index contributed by atoms with van der Waals surface area (Å²) in [4.78, 5) is 36.5. The van der Waals surface area contributed by atoms with E-state index in [0.29, 0.717) is 0 Å². The highest BCUT2D eigenvalue weighted by Gasteiger charge is 2.48. The van der Waals surface area contributed by atoms with Crippen LogP contribution < -0.4 is 0 Å². The van der Waals surface area contributed by atoms with Crippen LogP contribution in [0.1, 0.15) is 27.7 Å². The van der Waals surface area contributed by atoms with Crippen molar-refractivity contribution < 1.29 is 29.3 Å². The molecule has 0 aromatic carbocycles. The summed E-state index contributed by atoms with van der Waals surface area (Å²) in [6, 6.07) is 0. The van der Waals surface area contributed by atoms with Gasteiger partial charge in [-0.2, -0.15) is 0 Å². The van der Waals surface area contributed by atoms with Crippen molar-refractivity contribution in [2.24, 2.45) is 0 Å². The number of carboxylic acid groups (broad SMARTS) is 2. The number of nitrogens with zero attached hydrogens (tertiary/aromatic N) is 2. The summed E-state index contributed by atoms with van der Waals surface area (Å²) in [5.41, 5.74) is -2.37. The van der Waals surface area contributed by atoms with E-state index in [-0.39, 0.29) is 19.6 Å². The first-order valence-electron chi connectivity index (χ1n) is 6.19. The monoisotopic (exact) mass is 288 g/mol. The molecule has 1 atom stereocenters. The van der Waals surface area contributed by atoms with E-state index in [4.69, 9.17) is 9.84 Å². The Labute approximate surface area is 116 Å².